The molecule has 1 heterocycles. The molecule has 0 unspecified atom stereocenters. The molecule has 0 saturated carbocycles. The summed E-state index contributed by atoms with van der Waals surface area (Å²) in [5.41, 5.74) is 1.89. The minimum absolute atomic E-state index is 0.323. The highest BCUT2D eigenvalue weighted by Crippen LogP contribution is 2.09. The number of amides is 2. The van der Waals surface area contributed by atoms with Crippen molar-refractivity contribution in [2.45, 2.75) is 6.92 Å². The molecule has 0 fully saturated rings. The Kier molecular flexibility index (Phi) is 3.11. The summed E-state index contributed by atoms with van der Waals surface area (Å²) < 4.78 is 7.65. The highest BCUT2D eigenvalue weighted by Gasteiger charge is 2.03. The van der Waals surface area contributed by atoms with Crippen molar-refractivity contribution < 1.29 is 4.79 Å². The monoisotopic (exact) mass is 234 g/mol. The minimum atomic E-state index is -0.323. The van der Waals surface area contributed by atoms with Gasteiger partial charge in [0.25, 0.3) is 0 Å². The van der Waals surface area contributed by atoms with Crippen LogP contribution in [0.2, 0.25) is 0 Å². The molecule has 0 bridgehead atoms. The Hall–Kier alpha value is -1.95. The van der Waals surface area contributed by atoms with Crippen molar-refractivity contribution in [3.8, 4) is 0 Å². The Labute approximate surface area is 96.8 Å². The van der Waals surface area contributed by atoms with Crippen LogP contribution >= 0.6 is 11.7 Å². The van der Waals surface area contributed by atoms with E-state index in [1.165, 1.54) is 6.20 Å². The summed E-state index contributed by atoms with van der Waals surface area (Å²) in [6, 6.07) is 7.22. The molecule has 0 aliphatic carbocycles. The molecule has 2 N–H and O–H groups in total. The lowest BCUT2D eigenvalue weighted by Gasteiger charge is -2.05. The van der Waals surface area contributed by atoms with Gasteiger partial charge in [-0.2, -0.15) is 8.75 Å². The lowest BCUT2D eigenvalue weighted by atomic mass is 10.2. The number of urea groups is 1. The number of rotatable bonds is 2. The largest absolute Gasteiger partial charge is 0.324 e. The fraction of sp³-hybridized carbons (Fsp3) is 0.100. The number of hydrogen-bond acceptors (Lipinski definition) is 4. The Morgan fingerprint density at radius 1 is 1.25 bits per heavy atom. The average Bonchev–Trinajstić information content (AvgIpc) is 2.74. The second-order valence-electron chi connectivity index (χ2n) is 3.24. The van der Waals surface area contributed by atoms with E-state index < -0.39 is 0 Å². The van der Waals surface area contributed by atoms with E-state index >= 15 is 0 Å². The van der Waals surface area contributed by atoms with Crippen LogP contribution in [0.15, 0.2) is 30.5 Å². The van der Waals surface area contributed by atoms with Gasteiger partial charge in [0.05, 0.1) is 17.9 Å². The van der Waals surface area contributed by atoms with Crippen LogP contribution in [0.3, 0.4) is 0 Å². The molecular formula is C10H10N4OS. The maximum absolute atomic E-state index is 11.5. The average molecular weight is 234 g/mol. The second-order valence-corrected chi connectivity index (χ2v) is 3.79. The van der Waals surface area contributed by atoms with Gasteiger partial charge in [0, 0.05) is 5.69 Å². The number of aromatic nitrogens is 2. The minimum Gasteiger partial charge on any atom is -0.308 e. The molecule has 2 aromatic rings. The van der Waals surface area contributed by atoms with Crippen molar-refractivity contribution in [1.82, 2.24) is 8.75 Å². The van der Waals surface area contributed by atoms with Crippen molar-refractivity contribution in [1.29, 1.82) is 0 Å². The van der Waals surface area contributed by atoms with Crippen LogP contribution in [-0.2, 0) is 0 Å². The second kappa shape index (κ2) is 4.71. The van der Waals surface area contributed by atoms with E-state index in [0.717, 1.165) is 23.0 Å². The van der Waals surface area contributed by atoms with Crippen molar-refractivity contribution in [2.24, 2.45) is 0 Å². The Morgan fingerprint density at radius 3 is 2.62 bits per heavy atom. The standard InChI is InChI=1S/C10H10N4OS/c1-7-2-4-8(5-3-7)12-10(15)13-9-6-11-16-14-9/h2-6H,1H3,(H2,12,13,14,15). The van der Waals surface area contributed by atoms with Gasteiger partial charge >= 0.3 is 6.03 Å². The summed E-state index contributed by atoms with van der Waals surface area (Å²) >= 11 is 1.05. The number of hydrogen-bond donors (Lipinski definition) is 2. The molecule has 5 nitrogen and oxygen atoms in total. The molecule has 0 aliphatic heterocycles. The third-order valence-corrected chi connectivity index (χ3v) is 2.39. The van der Waals surface area contributed by atoms with Crippen LogP contribution in [0.5, 0.6) is 0 Å². The normalized spacial score (nSPS) is 9.81. The summed E-state index contributed by atoms with van der Waals surface area (Å²) in [6.45, 7) is 1.99. The molecule has 0 atom stereocenters. The van der Waals surface area contributed by atoms with Crippen LogP contribution in [0, 0.1) is 6.92 Å². The summed E-state index contributed by atoms with van der Waals surface area (Å²) in [5, 5.41) is 5.27. The number of nitrogens with zero attached hydrogens (tertiary/aromatic N) is 2. The summed E-state index contributed by atoms with van der Waals surface area (Å²) in [7, 11) is 0. The zero-order valence-electron chi connectivity index (χ0n) is 8.60. The third kappa shape index (κ3) is 2.77. The number of carbonyl (C=O) groups is 1. The molecule has 0 spiro atoms. The smallest absolute Gasteiger partial charge is 0.308 e. The molecule has 2 amide bonds. The van der Waals surface area contributed by atoms with E-state index in [1.807, 2.05) is 31.2 Å². The number of anilines is 2. The number of carbonyl (C=O) groups excluding carboxylic acids is 1. The molecule has 0 radical (unpaired) electrons. The molecule has 0 aliphatic rings. The van der Waals surface area contributed by atoms with E-state index in [2.05, 4.69) is 19.4 Å². The molecular weight excluding hydrogens is 224 g/mol. The molecule has 6 heteroatoms. The van der Waals surface area contributed by atoms with E-state index in [1.54, 1.807) is 0 Å². The Balaban J connectivity index is 1.95. The van der Waals surface area contributed by atoms with Crippen LogP contribution in [0.4, 0.5) is 16.3 Å². The third-order valence-electron chi connectivity index (χ3n) is 1.91. The zero-order chi connectivity index (χ0) is 11.4. The fourth-order valence-electron chi connectivity index (χ4n) is 1.14. The van der Waals surface area contributed by atoms with E-state index in [9.17, 15) is 4.79 Å². The maximum Gasteiger partial charge on any atom is 0.324 e. The summed E-state index contributed by atoms with van der Waals surface area (Å²) in [6.07, 6.45) is 1.50. The quantitative estimate of drug-likeness (QED) is 0.838. The lowest BCUT2D eigenvalue weighted by Crippen LogP contribution is -2.19. The van der Waals surface area contributed by atoms with E-state index in [-0.39, 0.29) is 6.03 Å². The van der Waals surface area contributed by atoms with Crippen LogP contribution in [0.1, 0.15) is 5.56 Å². The van der Waals surface area contributed by atoms with Gasteiger partial charge < -0.3 is 5.32 Å². The molecule has 82 valence electrons. The number of nitrogens with one attached hydrogen (secondary N) is 2. The highest BCUT2D eigenvalue weighted by atomic mass is 32.1. The van der Waals surface area contributed by atoms with Gasteiger partial charge in [-0.25, -0.2) is 4.79 Å². The van der Waals surface area contributed by atoms with E-state index in [4.69, 9.17) is 0 Å². The molecule has 16 heavy (non-hydrogen) atoms. The summed E-state index contributed by atoms with van der Waals surface area (Å²) in [4.78, 5) is 11.5. The van der Waals surface area contributed by atoms with Crippen molar-refractivity contribution in [3.63, 3.8) is 0 Å². The van der Waals surface area contributed by atoms with Crippen molar-refractivity contribution in [3.05, 3.63) is 36.0 Å². The van der Waals surface area contributed by atoms with Gasteiger partial charge in [-0.05, 0) is 19.1 Å². The Morgan fingerprint density at radius 2 is 2.00 bits per heavy atom. The first-order valence-electron chi connectivity index (χ1n) is 4.66. The van der Waals surface area contributed by atoms with Gasteiger partial charge in [0.1, 0.15) is 0 Å². The Bertz CT molecular complexity index is 466. The highest BCUT2D eigenvalue weighted by molar-refractivity contribution is 6.99. The van der Waals surface area contributed by atoms with Gasteiger partial charge in [0.15, 0.2) is 5.82 Å². The van der Waals surface area contributed by atoms with E-state index in [0.29, 0.717) is 5.82 Å². The summed E-state index contributed by atoms with van der Waals surface area (Å²) in [5.74, 6) is 0.453. The molecule has 1 aromatic carbocycles. The first-order valence-corrected chi connectivity index (χ1v) is 5.39. The van der Waals surface area contributed by atoms with Crippen LogP contribution in [0.25, 0.3) is 0 Å². The topological polar surface area (TPSA) is 66.9 Å². The molecule has 1 aromatic heterocycles. The predicted molar refractivity (Wildman–Crippen MR) is 63.7 cm³/mol. The van der Waals surface area contributed by atoms with Gasteiger partial charge in [-0.3, -0.25) is 5.32 Å². The van der Waals surface area contributed by atoms with Gasteiger partial charge in [0.2, 0.25) is 0 Å². The number of aryl methyl sites for hydroxylation is 1. The first kappa shape index (κ1) is 10.6. The van der Waals surface area contributed by atoms with Crippen LogP contribution < -0.4 is 10.6 Å². The van der Waals surface area contributed by atoms with Crippen molar-refractivity contribution in [2.75, 3.05) is 10.6 Å². The van der Waals surface area contributed by atoms with Gasteiger partial charge in [-0.1, -0.05) is 17.7 Å². The first-order chi connectivity index (χ1) is 7.74. The lowest BCUT2D eigenvalue weighted by molar-refractivity contribution is 0.262. The van der Waals surface area contributed by atoms with Gasteiger partial charge in [-0.15, -0.1) is 0 Å². The molecule has 2 rings (SSSR count). The number of benzene rings is 1. The SMILES string of the molecule is Cc1ccc(NC(=O)Nc2cnsn2)cc1. The fourth-order valence-corrected chi connectivity index (χ4v) is 1.51. The molecule has 0 saturated heterocycles. The predicted octanol–water partition coefficient (Wildman–Crippen LogP) is 2.49. The maximum atomic E-state index is 11.5. The zero-order valence-corrected chi connectivity index (χ0v) is 9.41. The van der Waals surface area contributed by atoms with Crippen molar-refractivity contribution >= 4 is 29.3 Å². The van der Waals surface area contributed by atoms with Crippen LogP contribution in [-0.4, -0.2) is 14.8 Å².